The van der Waals surface area contributed by atoms with E-state index in [0.717, 1.165) is 29.4 Å². The van der Waals surface area contributed by atoms with Gasteiger partial charge in [0.15, 0.2) is 10.8 Å². The first-order valence-electron chi connectivity index (χ1n) is 11.9. The van der Waals surface area contributed by atoms with Gasteiger partial charge in [-0.3, -0.25) is 14.7 Å². The third kappa shape index (κ3) is 4.76. The van der Waals surface area contributed by atoms with Crippen molar-refractivity contribution in [3.05, 3.63) is 57.7 Å². The number of amidine groups is 1. The van der Waals surface area contributed by atoms with E-state index in [0.29, 0.717) is 31.0 Å². The molecule has 5 rings (SSSR count). The first-order chi connectivity index (χ1) is 17.4. The minimum Gasteiger partial charge on any atom is -0.478 e. The molecular weight excluding hydrogens is 482 g/mol. The molecule has 2 N–H and O–H groups in total. The lowest BCUT2D eigenvalue weighted by atomic mass is 9.88. The van der Waals surface area contributed by atoms with Crippen molar-refractivity contribution >= 4 is 40.7 Å². The number of esters is 1. The van der Waals surface area contributed by atoms with E-state index < -0.39 is 5.97 Å². The minimum absolute atomic E-state index is 0.0642. The summed E-state index contributed by atoms with van der Waals surface area (Å²) < 4.78 is 5.27. The quantitative estimate of drug-likeness (QED) is 0.543. The molecule has 10 nitrogen and oxygen atoms in total. The number of carboxylic acids is 1. The van der Waals surface area contributed by atoms with Gasteiger partial charge in [0.25, 0.3) is 0 Å². The zero-order valence-corrected chi connectivity index (χ0v) is 20.7. The molecule has 0 aliphatic carbocycles. The summed E-state index contributed by atoms with van der Waals surface area (Å²) in [4.78, 5) is 49.8. The van der Waals surface area contributed by atoms with Gasteiger partial charge >= 0.3 is 11.9 Å². The van der Waals surface area contributed by atoms with Gasteiger partial charge in [0.05, 0.1) is 24.3 Å². The maximum absolute atomic E-state index is 13.1. The average molecular weight is 510 g/mol. The summed E-state index contributed by atoms with van der Waals surface area (Å²) in [5.41, 5.74) is 2.19. The Hall–Kier alpha value is -3.57. The highest BCUT2D eigenvalue weighted by Gasteiger charge is 2.44. The van der Waals surface area contributed by atoms with Gasteiger partial charge in [-0.25, -0.2) is 14.6 Å². The Balaban J connectivity index is 1.29. The molecule has 1 aromatic carbocycles. The highest BCUT2D eigenvalue weighted by atomic mass is 32.1. The number of aromatic carboxylic acids is 1. The van der Waals surface area contributed by atoms with Crippen molar-refractivity contribution in [3.8, 4) is 0 Å². The predicted molar refractivity (Wildman–Crippen MR) is 134 cm³/mol. The second-order valence-electron chi connectivity index (χ2n) is 9.00. The molecule has 188 valence electrons. The fourth-order valence-corrected chi connectivity index (χ4v) is 5.64. The number of aromatic nitrogens is 1. The third-order valence-electron chi connectivity index (χ3n) is 6.81. The van der Waals surface area contributed by atoms with Crippen LogP contribution in [0, 0.1) is 11.8 Å². The number of thiazole rings is 1. The van der Waals surface area contributed by atoms with Gasteiger partial charge in [0, 0.05) is 54.4 Å². The van der Waals surface area contributed by atoms with E-state index in [1.807, 2.05) is 5.38 Å². The summed E-state index contributed by atoms with van der Waals surface area (Å²) in [7, 11) is 0. The number of likely N-dealkylation sites (tertiary alicyclic amines) is 1. The molecule has 0 bridgehead atoms. The van der Waals surface area contributed by atoms with Crippen LogP contribution in [0.4, 0.5) is 5.69 Å². The molecule has 2 atom stereocenters. The zero-order valence-electron chi connectivity index (χ0n) is 19.8. The molecule has 2 unspecified atom stereocenters. The van der Waals surface area contributed by atoms with Gasteiger partial charge in [-0.15, -0.1) is 11.3 Å². The number of carbonyl (C=O) groups excluding carboxylic acids is 2. The van der Waals surface area contributed by atoms with Crippen LogP contribution in [0.5, 0.6) is 0 Å². The first-order valence-corrected chi connectivity index (χ1v) is 12.8. The minimum atomic E-state index is -0.991. The van der Waals surface area contributed by atoms with Crippen molar-refractivity contribution in [1.82, 2.24) is 15.2 Å². The standard InChI is InChI=1S/C25H27N5O5S/c1-2-35-25(34)19-11-27-21(22-26-8-10-36-22)28-20(19)14-29-9-7-18-16(12-29)13-30(23(18)31)17-5-3-15(4-6-17)24(32)33/h3-6,8,10,16,18H,2,7,9,11-14H2,1H3,(H,27,28)(H,32,33). The molecule has 4 heterocycles. The number of nitrogens with one attached hydrogen (secondary N) is 1. The van der Waals surface area contributed by atoms with E-state index in [1.54, 1.807) is 30.2 Å². The summed E-state index contributed by atoms with van der Waals surface area (Å²) in [6.45, 7) is 4.83. The smallest absolute Gasteiger partial charge is 0.337 e. The van der Waals surface area contributed by atoms with Crippen LogP contribution in [0.3, 0.4) is 0 Å². The van der Waals surface area contributed by atoms with E-state index in [2.05, 4.69) is 20.2 Å². The molecule has 3 aliphatic heterocycles. The Morgan fingerprint density at radius 3 is 2.75 bits per heavy atom. The number of carbonyl (C=O) groups is 3. The van der Waals surface area contributed by atoms with Crippen LogP contribution in [0.1, 0.15) is 28.7 Å². The Kier molecular flexibility index (Phi) is 6.84. The number of aliphatic imine (C=N–C) groups is 1. The van der Waals surface area contributed by atoms with Crippen molar-refractivity contribution in [2.45, 2.75) is 13.3 Å². The number of carboxylic acid groups (broad SMARTS) is 1. The summed E-state index contributed by atoms with van der Waals surface area (Å²) in [5.74, 6) is -0.546. The Morgan fingerprint density at radius 1 is 1.25 bits per heavy atom. The molecular formula is C25H27N5O5S. The van der Waals surface area contributed by atoms with E-state index in [-0.39, 0.29) is 42.4 Å². The second kappa shape index (κ2) is 10.2. The summed E-state index contributed by atoms with van der Waals surface area (Å²) in [6, 6.07) is 6.44. The molecule has 11 heteroatoms. The average Bonchev–Trinajstić information content (AvgIpc) is 3.53. The van der Waals surface area contributed by atoms with Gasteiger partial charge in [0.1, 0.15) is 0 Å². The lowest BCUT2D eigenvalue weighted by Gasteiger charge is -2.34. The van der Waals surface area contributed by atoms with Gasteiger partial charge < -0.3 is 20.1 Å². The van der Waals surface area contributed by atoms with Crippen LogP contribution >= 0.6 is 11.3 Å². The number of ether oxygens (including phenoxy) is 1. The number of rotatable bonds is 7. The zero-order chi connectivity index (χ0) is 25.2. The normalized spacial score (nSPS) is 22.2. The largest absolute Gasteiger partial charge is 0.478 e. The number of nitrogens with zero attached hydrogens (tertiary/aromatic N) is 4. The number of fused-ring (bicyclic) bond motifs is 1. The lowest BCUT2D eigenvalue weighted by molar-refractivity contribution is -0.138. The molecule has 36 heavy (non-hydrogen) atoms. The fraction of sp³-hybridized carbons (Fsp3) is 0.400. The van der Waals surface area contributed by atoms with E-state index in [1.165, 1.54) is 23.5 Å². The number of piperidine rings is 1. The number of anilines is 1. The van der Waals surface area contributed by atoms with Crippen LogP contribution in [0.15, 0.2) is 52.1 Å². The van der Waals surface area contributed by atoms with Crippen LogP contribution in [-0.2, 0) is 14.3 Å². The van der Waals surface area contributed by atoms with Gasteiger partial charge in [0.2, 0.25) is 5.91 Å². The van der Waals surface area contributed by atoms with E-state index in [4.69, 9.17) is 9.84 Å². The van der Waals surface area contributed by atoms with Gasteiger partial charge in [-0.05, 0) is 44.2 Å². The highest BCUT2D eigenvalue weighted by Crippen LogP contribution is 2.35. The molecule has 3 aliphatic rings. The van der Waals surface area contributed by atoms with Gasteiger partial charge in [-0.2, -0.15) is 0 Å². The summed E-state index contributed by atoms with van der Waals surface area (Å²) in [5, 5.41) is 15.1. The molecule has 1 aromatic heterocycles. The van der Waals surface area contributed by atoms with Crippen LogP contribution in [-0.4, -0.2) is 78.0 Å². The Bertz CT molecular complexity index is 1220. The maximum Gasteiger partial charge on any atom is 0.337 e. The lowest BCUT2D eigenvalue weighted by Crippen LogP contribution is -2.45. The molecule has 0 spiro atoms. The predicted octanol–water partition coefficient (Wildman–Crippen LogP) is 1.99. The van der Waals surface area contributed by atoms with E-state index >= 15 is 0 Å². The maximum atomic E-state index is 13.1. The molecule has 1 amide bonds. The number of amides is 1. The number of hydrogen-bond acceptors (Lipinski definition) is 9. The highest BCUT2D eigenvalue weighted by molar-refractivity contribution is 7.11. The number of hydrogen-bond donors (Lipinski definition) is 2. The molecule has 2 saturated heterocycles. The number of benzene rings is 1. The Morgan fingerprint density at radius 2 is 2.06 bits per heavy atom. The van der Waals surface area contributed by atoms with Crippen molar-refractivity contribution < 1.29 is 24.2 Å². The van der Waals surface area contributed by atoms with E-state index in [9.17, 15) is 14.4 Å². The third-order valence-corrected chi connectivity index (χ3v) is 7.59. The molecule has 2 fully saturated rings. The summed E-state index contributed by atoms with van der Waals surface area (Å²) in [6.07, 6.45) is 2.44. The Labute approximate surface area is 212 Å². The van der Waals surface area contributed by atoms with Crippen molar-refractivity contribution in [3.63, 3.8) is 0 Å². The van der Waals surface area contributed by atoms with Gasteiger partial charge in [-0.1, -0.05) is 0 Å². The van der Waals surface area contributed by atoms with Crippen molar-refractivity contribution in [2.75, 3.05) is 44.2 Å². The first kappa shape index (κ1) is 24.1. The topological polar surface area (TPSA) is 124 Å². The molecule has 2 aromatic rings. The molecule has 0 saturated carbocycles. The molecule has 0 radical (unpaired) electrons. The fourth-order valence-electron chi connectivity index (χ4n) is 5.04. The van der Waals surface area contributed by atoms with Crippen molar-refractivity contribution in [1.29, 1.82) is 0 Å². The van der Waals surface area contributed by atoms with Crippen LogP contribution in [0.25, 0.3) is 0 Å². The van der Waals surface area contributed by atoms with Crippen LogP contribution < -0.4 is 10.2 Å². The van der Waals surface area contributed by atoms with Crippen molar-refractivity contribution in [2.24, 2.45) is 16.8 Å². The summed E-state index contributed by atoms with van der Waals surface area (Å²) >= 11 is 1.48. The monoisotopic (exact) mass is 509 g/mol. The SMILES string of the molecule is CCOC(=O)C1=C(CN2CCC3C(=O)N(c4ccc(C(=O)O)cc4)CC3C2)NC(c2nccs2)=NC1. The van der Waals surface area contributed by atoms with Crippen LogP contribution in [0.2, 0.25) is 0 Å². The second-order valence-corrected chi connectivity index (χ2v) is 9.89.